The third kappa shape index (κ3) is 4.19. The minimum Gasteiger partial charge on any atom is -0.491 e. The molecule has 3 nitrogen and oxygen atoms in total. The maximum atomic E-state index is 5.60. The van der Waals surface area contributed by atoms with Crippen LogP contribution in [0.2, 0.25) is 0 Å². The first-order chi connectivity index (χ1) is 7.51. The monoisotopic (exact) mass is 243 g/mol. The minimum atomic E-state index is 0.123. The number of nitrogens with one attached hydrogen (secondary N) is 1. The van der Waals surface area contributed by atoms with E-state index in [1.807, 2.05) is 45.9 Å². The standard InChI is InChI=1S/C12H18ClNO2/c1-8(2)15-11-5-10(14-13)6-12(7-11)16-9(3)4/h5-9,14H,1-4H3. The van der Waals surface area contributed by atoms with Gasteiger partial charge in [0.15, 0.2) is 0 Å². The van der Waals surface area contributed by atoms with Crippen molar-refractivity contribution in [3.63, 3.8) is 0 Å². The molecule has 16 heavy (non-hydrogen) atoms. The fraction of sp³-hybridized carbons (Fsp3) is 0.500. The summed E-state index contributed by atoms with van der Waals surface area (Å²) in [5.41, 5.74) is 0.760. The van der Waals surface area contributed by atoms with E-state index in [2.05, 4.69) is 4.84 Å². The Kier molecular flexibility index (Phi) is 4.74. The Morgan fingerprint density at radius 3 is 1.69 bits per heavy atom. The Morgan fingerprint density at radius 2 is 1.38 bits per heavy atom. The Bertz CT molecular complexity index is 312. The number of hydrogen-bond acceptors (Lipinski definition) is 3. The average Bonchev–Trinajstić information content (AvgIpc) is 2.14. The molecule has 1 aromatic carbocycles. The smallest absolute Gasteiger partial charge is 0.125 e. The van der Waals surface area contributed by atoms with Crippen LogP contribution in [0.1, 0.15) is 27.7 Å². The second kappa shape index (κ2) is 5.85. The summed E-state index contributed by atoms with van der Waals surface area (Å²) in [5, 5.41) is 0. The van der Waals surface area contributed by atoms with Gasteiger partial charge in [-0.15, -0.1) is 0 Å². The molecular weight excluding hydrogens is 226 g/mol. The zero-order valence-corrected chi connectivity index (χ0v) is 10.8. The van der Waals surface area contributed by atoms with Crippen molar-refractivity contribution in [1.82, 2.24) is 0 Å². The van der Waals surface area contributed by atoms with Gasteiger partial charge in [0, 0.05) is 30.0 Å². The molecule has 0 heterocycles. The molecule has 0 radical (unpaired) electrons. The molecule has 1 N–H and O–H groups in total. The molecule has 0 aliphatic rings. The van der Waals surface area contributed by atoms with Gasteiger partial charge in [0.2, 0.25) is 0 Å². The van der Waals surface area contributed by atoms with E-state index < -0.39 is 0 Å². The summed E-state index contributed by atoms with van der Waals surface area (Å²) in [6.07, 6.45) is 0.245. The van der Waals surface area contributed by atoms with E-state index in [4.69, 9.17) is 21.3 Å². The maximum Gasteiger partial charge on any atom is 0.125 e. The minimum absolute atomic E-state index is 0.123. The summed E-state index contributed by atoms with van der Waals surface area (Å²) in [7, 11) is 0. The number of benzene rings is 1. The first-order valence-corrected chi connectivity index (χ1v) is 5.74. The summed E-state index contributed by atoms with van der Waals surface area (Å²) >= 11 is 5.58. The Morgan fingerprint density at radius 1 is 0.938 bits per heavy atom. The number of hydrogen-bond donors (Lipinski definition) is 1. The van der Waals surface area contributed by atoms with Crippen LogP contribution >= 0.6 is 11.8 Å². The highest BCUT2D eigenvalue weighted by atomic mass is 35.5. The molecule has 0 amide bonds. The highest BCUT2D eigenvalue weighted by Crippen LogP contribution is 2.28. The van der Waals surface area contributed by atoms with Gasteiger partial charge in [0.05, 0.1) is 17.9 Å². The van der Waals surface area contributed by atoms with Gasteiger partial charge in [0.25, 0.3) is 0 Å². The van der Waals surface area contributed by atoms with Gasteiger partial charge in [-0.1, -0.05) is 0 Å². The van der Waals surface area contributed by atoms with Crippen LogP contribution in [0.3, 0.4) is 0 Å². The van der Waals surface area contributed by atoms with E-state index in [1.165, 1.54) is 0 Å². The molecule has 0 unspecified atom stereocenters. The molecule has 0 aromatic heterocycles. The van der Waals surface area contributed by atoms with Gasteiger partial charge in [-0.25, -0.2) is 0 Å². The SMILES string of the molecule is CC(C)Oc1cc(NCl)cc(OC(C)C)c1. The molecule has 1 rings (SSSR count). The number of rotatable bonds is 5. The van der Waals surface area contributed by atoms with Crippen molar-refractivity contribution in [3.05, 3.63) is 18.2 Å². The normalized spacial score (nSPS) is 10.7. The number of ether oxygens (including phenoxy) is 2. The van der Waals surface area contributed by atoms with Gasteiger partial charge >= 0.3 is 0 Å². The van der Waals surface area contributed by atoms with Gasteiger partial charge in [-0.05, 0) is 27.7 Å². The lowest BCUT2D eigenvalue weighted by molar-refractivity contribution is 0.229. The van der Waals surface area contributed by atoms with Gasteiger partial charge in [0.1, 0.15) is 11.5 Å². The van der Waals surface area contributed by atoms with E-state index in [0.717, 1.165) is 17.2 Å². The first-order valence-electron chi connectivity index (χ1n) is 5.36. The zero-order chi connectivity index (χ0) is 12.1. The second-order valence-electron chi connectivity index (χ2n) is 4.12. The molecule has 0 saturated carbocycles. The lowest BCUT2D eigenvalue weighted by Gasteiger charge is -2.15. The Hall–Kier alpha value is -1.09. The van der Waals surface area contributed by atoms with E-state index in [-0.39, 0.29) is 12.2 Å². The van der Waals surface area contributed by atoms with Crippen molar-refractivity contribution in [2.45, 2.75) is 39.9 Å². The zero-order valence-electron chi connectivity index (χ0n) is 10.1. The molecule has 0 aliphatic carbocycles. The lowest BCUT2D eigenvalue weighted by Crippen LogP contribution is -2.08. The van der Waals surface area contributed by atoms with Crippen molar-refractivity contribution in [1.29, 1.82) is 0 Å². The van der Waals surface area contributed by atoms with Crippen LogP contribution in [0.25, 0.3) is 0 Å². The van der Waals surface area contributed by atoms with Gasteiger partial charge < -0.3 is 9.47 Å². The highest BCUT2D eigenvalue weighted by Gasteiger charge is 2.05. The van der Waals surface area contributed by atoms with Crippen LogP contribution in [0.5, 0.6) is 11.5 Å². The summed E-state index contributed by atoms with van der Waals surface area (Å²) in [6.45, 7) is 7.90. The van der Waals surface area contributed by atoms with Crippen molar-refractivity contribution in [2.24, 2.45) is 0 Å². The molecule has 0 spiro atoms. The van der Waals surface area contributed by atoms with Crippen LogP contribution in [0.15, 0.2) is 18.2 Å². The van der Waals surface area contributed by atoms with Crippen molar-refractivity contribution in [2.75, 3.05) is 4.84 Å². The predicted molar refractivity (Wildman–Crippen MR) is 67.4 cm³/mol. The van der Waals surface area contributed by atoms with Crippen LogP contribution in [-0.2, 0) is 0 Å². The molecule has 0 aliphatic heterocycles. The van der Waals surface area contributed by atoms with Crippen LogP contribution < -0.4 is 14.3 Å². The molecular formula is C12H18ClNO2. The molecule has 0 bridgehead atoms. The van der Waals surface area contributed by atoms with E-state index >= 15 is 0 Å². The van der Waals surface area contributed by atoms with Gasteiger partial charge in [-0.3, -0.25) is 4.84 Å². The lowest BCUT2D eigenvalue weighted by atomic mass is 10.2. The van der Waals surface area contributed by atoms with Crippen molar-refractivity contribution < 1.29 is 9.47 Å². The molecule has 4 heteroatoms. The largest absolute Gasteiger partial charge is 0.491 e. The molecule has 1 aromatic rings. The van der Waals surface area contributed by atoms with E-state index in [0.29, 0.717) is 0 Å². The summed E-state index contributed by atoms with van der Waals surface area (Å²) in [6, 6.07) is 5.53. The topological polar surface area (TPSA) is 30.5 Å². The van der Waals surface area contributed by atoms with Gasteiger partial charge in [-0.2, -0.15) is 0 Å². The predicted octanol–water partition coefficient (Wildman–Crippen LogP) is 3.83. The molecule has 90 valence electrons. The Balaban J connectivity index is 2.91. The van der Waals surface area contributed by atoms with Crippen LogP contribution in [0.4, 0.5) is 5.69 Å². The van der Waals surface area contributed by atoms with E-state index in [9.17, 15) is 0 Å². The highest BCUT2D eigenvalue weighted by molar-refractivity contribution is 6.24. The molecule has 0 saturated heterocycles. The fourth-order valence-electron chi connectivity index (χ4n) is 1.31. The Labute approximate surface area is 102 Å². The van der Waals surface area contributed by atoms with Crippen molar-refractivity contribution in [3.8, 4) is 11.5 Å². The van der Waals surface area contributed by atoms with Crippen LogP contribution in [0, 0.1) is 0 Å². The quantitative estimate of drug-likeness (QED) is 0.798. The number of halogens is 1. The summed E-state index contributed by atoms with van der Waals surface area (Å²) < 4.78 is 11.2. The first kappa shape index (κ1) is 13.0. The molecule has 0 atom stereocenters. The number of anilines is 1. The van der Waals surface area contributed by atoms with E-state index in [1.54, 1.807) is 0 Å². The fourth-order valence-corrected chi connectivity index (χ4v) is 1.42. The second-order valence-corrected chi connectivity index (χ2v) is 4.31. The average molecular weight is 244 g/mol. The van der Waals surface area contributed by atoms with Crippen LogP contribution in [-0.4, -0.2) is 12.2 Å². The third-order valence-electron chi connectivity index (χ3n) is 1.73. The maximum absolute atomic E-state index is 5.60. The molecule has 0 fully saturated rings. The summed E-state index contributed by atoms with van der Waals surface area (Å²) in [4.78, 5) is 2.57. The summed E-state index contributed by atoms with van der Waals surface area (Å²) in [5.74, 6) is 1.49. The van der Waals surface area contributed by atoms with Crippen molar-refractivity contribution >= 4 is 17.5 Å². The third-order valence-corrected chi connectivity index (χ3v) is 1.95.